The Labute approximate surface area is 224 Å². The van der Waals surface area contributed by atoms with E-state index in [9.17, 15) is 9.59 Å². The molecule has 2 aliphatic rings. The Bertz CT molecular complexity index is 1520. The maximum Gasteiger partial charge on any atom is 0.319 e. The summed E-state index contributed by atoms with van der Waals surface area (Å²) in [6.07, 6.45) is 6.67. The van der Waals surface area contributed by atoms with Crippen LogP contribution in [0.3, 0.4) is 0 Å². The van der Waals surface area contributed by atoms with Gasteiger partial charge in [-0.2, -0.15) is 9.61 Å². The quantitative estimate of drug-likeness (QED) is 0.295. The molecule has 5 N–H and O–H groups in total. The first kappa shape index (κ1) is 24.6. The third-order valence-corrected chi connectivity index (χ3v) is 7.62. The highest BCUT2D eigenvalue weighted by Gasteiger charge is 2.45. The predicted molar refractivity (Wildman–Crippen MR) is 143 cm³/mol. The summed E-state index contributed by atoms with van der Waals surface area (Å²) in [7, 11) is 1.56. The number of carbonyl (C=O) groups excluding carboxylic acids is 2. The van der Waals surface area contributed by atoms with Gasteiger partial charge in [0.25, 0.3) is 5.91 Å². The molecule has 1 aromatic carbocycles. The molecule has 0 radical (unpaired) electrons. The highest BCUT2D eigenvalue weighted by molar-refractivity contribution is 5.92. The molecular formula is C26H30N10O3. The van der Waals surface area contributed by atoms with E-state index < -0.39 is 0 Å². The summed E-state index contributed by atoms with van der Waals surface area (Å²) < 4.78 is 7.18. The Morgan fingerprint density at radius 2 is 2.00 bits per heavy atom. The number of nitrogens with zero attached hydrogens (tertiary/aromatic N) is 6. The molecular weight excluding hydrogens is 500 g/mol. The van der Waals surface area contributed by atoms with Crippen molar-refractivity contribution >= 4 is 29.1 Å². The van der Waals surface area contributed by atoms with Crippen LogP contribution < -0.4 is 21.1 Å². The second-order valence-electron chi connectivity index (χ2n) is 9.90. The number of hydrogen-bond acceptors (Lipinski definition) is 8. The number of amides is 3. The lowest BCUT2D eigenvalue weighted by Gasteiger charge is -2.38. The van der Waals surface area contributed by atoms with Crippen LogP contribution in [0.2, 0.25) is 0 Å². The molecule has 2 saturated heterocycles. The number of H-pyrrole nitrogens is 1. The Morgan fingerprint density at radius 3 is 2.69 bits per heavy atom. The number of ether oxygens (including phenoxy) is 1. The average molecular weight is 531 g/mol. The zero-order chi connectivity index (χ0) is 27.1. The zero-order valence-electron chi connectivity index (χ0n) is 21.7. The maximum atomic E-state index is 13.0. The van der Waals surface area contributed by atoms with Crippen molar-refractivity contribution < 1.29 is 14.3 Å². The molecule has 13 nitrogen and oxygen atoms in total. The number of urea groups is 1. The SMILES string of the molecule is CCNC(=O)Nc1ccc(-c2cnn3c(N)cc([C@H]4C[C@H]5CC[C@@H](C4)N5C(=O)c4nnc[nH]4)nc23)cc1OC. The fourth-order valence-electron chi connectivity index (χ4n) is 5.89. The van der Waals surface area contributed by atoms with Gasteiger partial charge in [0.2, 0.25) is 5.82 Å². The summed E-state index contributed by atoms with van der Waals surface area (Å²) in [4.78, 5) is 34.9. The Morgan fingerprint density at radius 1 is 1.21 bits per heavy atom. The first-order chi connectivity index (χ1) is 19.0. The molecule has 13 heteroatoms. The summed E-state index contributed by atoms with van der Waals surface area (Å²) in [5.41, 5.74) is 10.2. The van der Waals surface area contributed by atoms with E-state index in [-0.39, 0.29) is 35.8 Å². The van der Waals surface area contributed by atoms with Gasteiger partial charge in [0.15, 0.2) is 5.65 Å². The molecule has 0 spiro atoms. The minimum Gasteiger partial charge on any atom is -0.495 e. The van der Waals surface area contributed by atoms with Crippen molar-refractivity contribution in [2.45, 2.75) is 50.6 Å². The minimum atomic E-state index is -0.304. The first-order valence-corrected chi connectivity index (χ1v) is 13.0. The van der Waals surface area contributed by atoms with Gasteiger partial charge < -0.3 is 31.0 Å². The first-order valence-electron chi connectivity index (χ1n) is 13.0. The lowest BCUT2D eigenvalue weighted by molar-refractivity contribution is 0.0557. The summed E-state index contributed by atoms with van der Waals surface area (Å²) in [5.74, 6) is 1.35. The molecule has 202 valence electrons. The molecule has 6 rings (SSSR count). The van der Waals surface area contributed by atoms with E-state index in [1.165, 1.54) is 6.33 Å². The van der Waals surface area contributed by atoms with Crippen LogP contribution in [-0.2, 0) is 0 Å². The number of fused-ring (bicyclic) bond motifs is 3. The molecule has 4 aromatic rings. The normalized spacial score (nSPS) is 20.3. The highest BCUT2D eigenvalue weighted by Crippen LogP contribution is 2.44. The van der Waals surface area contributed by atoms with Crippen molar-refractivity contribution in [3.63, 3.8) is 0 Å². The van der Waals surface area contributed by atoms with Gasteiger partial charge in [-0.15, -0.1) is 10.2 Å². The standard InChI is InChI=1S/C26H30N10O3/c1-3-28-26(38)33-19-7-4-14(10-21(19)39-2)18-12-31-36-22(27)11-20(32-24(18)36)15-8-16-5-6-17(9-15)35(16)25(37)23-29-13-30-34-23/h4,7,10-13,15-17H,3,5-6,8-9,27H2,1-2H3,(H2,28,33,38)(H,29,30,34)/t15-,16+,17-. The molecule has 2 bridgehead atoms. The number of aromatic nitrogens is 6. The molecule has 2 aliphatic heterocycles. The van der Waals surface area contributed by atoms with E-state index in [4.69, 9.17) is 15.5 Å². The fourth-order valence-corrected chi connectivity index (χ4v) is 5.89. The number of aromatic amines is 1. The van der Waals surface area contributed by atoms with E-state index in [1.807, 2.05) is 30.0 Å². The lowest BCUT2D eigenvalue weighted by atomic mass is 9.87. The average Bonchev–Trinajstić information content (AvgIpc) is 3.67. The van der Waals surface area contributed by atoms with E-state index in [2.05, 4.69) is 30.9 Å². The molecule has 39 heavy (non-hydrogen) atoms. The van der Waals surface area contributed by atoms with Gasteiger partial charge in [0.1, 0.15) is 17.9 Å². The number of methoxy groups -OCH3 is 1. The molecule has 0 unspecified atom stereocenters. The Kier molecular flexibility index (Phi) is 6.25. The largest absolute Gasteiger partial charge is 0.495 e. The van der Waals surface area contributed by atoms with Gasteiger partial charge in [0, 0.05) is 41.9 Å². The third kappa shape index (κ3) is 4.39. The smallest absolute Gasteiger partial charge is 0.319 e. The molecule has 0 aliphatic carbocycles. The van der Waals surface area contributed by atoms with E-state index in [0.717, 1.165) is 42.5 Å². The van der Waals surface area contributed by atoms with Crippen LogP contribution in [0.15, 0.2) is 36.8 Å². The van der Waals surface area contributed by atoms with Gasteiger partial charge in [0.05, 0.1) is 19.0 Å². The van der Waals surface area contributed by atoms with Crippen LogP contribution >= 0.6 is 0 Å². The number of nitrogens with one attached hydrogen (secondary N) is 3. The van der Waals surface area contributed by atoms with E-state index in [1.54, 1.807) is 23.9 Å². The van der Waals surface area contributed by atoms with Crippen molar-refractivity contribution in [2.24, 2.45) is 0 Å². The molecule has 3 amide bonds. The number of nitrogen functional groups attached to an aromatic ring is 1. The summed E-state index contributed by atoms with van der Waals surface area (Å²) in [5, 5.41) is 17.7. The topological polar surface area (TPSA) is 168 Å². The molecule has 3 atom stereocenters. The van der Waals surface area contributed by atoms with Crippen molar-refractivity contribution in [2.75, 3.05) is 24.7 Å². The van der Waals surface area contributed by atoms with Gasteiger partial charge in [-0.05, 0) is 50.3 Å². The van der Waals surface area contributed by atoms with Crippen LogP contribution in [0.5, 0.6) is 5.75 Å². The number of carbonyl (C=O) groups is 2. The summed E-state index contributed by atoms with van der Waals surface area (Å²) in [6.45, 7) is 2.37. The monoisotopic (exact) mass is 530 g/mol. The van der Waals surface area contributed by atoms with Gasteiger partial charge in [-0.25, -0.2) is 9.78 Å². The number of piperidine rings is 1. The molecule has 5 heterocycles. The van der Waals surface area contributed by atoms with Crippen LogP contribution in [0.4, 0.5) is 16.3 Å². The van der Waals surface area contributed by atoms with Gasteiger partial charge in [-0.1, -0.05) is 6.07 Å². The lowest BCUT2D eigenvalue weighted by Crippen LogP contribution is -2.46. The second kappa shape index (κ2) is 9.89. The maximum absolute atomic E-state index is 13.0. The zero-order valence-corrected chi connectivity index (χ0v) is 21.7. The predicted octanol–water partition coefficient (Wildman–Crippen LogP) is 2.80. The second-order valence-corrected chi connectivity index (χ2v) is 9.90. The summed E-state index contributed by atoms with van der Waals surface area (Å²) >= 11 is 0. The van der Waals surface area contributed by atoms with Gasteiger partial charge in [-0.3, -0.25) is 4.79 Å². The van der Waals surface area contributed by atoms with Crippen molar-refractivity contribution in [3.8, 4) is 16.9 Å². The van der Waals surface area contributed by atoms with E-state index >= 15 is 0 Å². The molecule has 3 aromatic heterocycles. The highest BCUT2D eigenvalue weighted by atomic mass is 16.5. The van der Waals surface area contributed by atoms with E-state index in [0.29, 0.717) is 29.4 Å². The summed E-state index contributed by atoms with van der Waals surface area (Å²) in [6, 6.07) is 7.34. The van der Waals surface area contributed by atoms with Gasteiger partial charge >= 0.3 is 6.03 Å². The van der Waals surface area contributed by atoms with Crippen LogP contribution in [0, 0.1) is 0 Å². The number of nitrogens with two attached hydrogens (primary N) is 1. The van der Waals surface area contributed by atoms with Crippen molar-refractivity contribution in [3.05, 3.63) is 48.3 Å². The van der Waals surface area contributed by atoms with Crippen molar-refractivity contribution in [1.29, 1.82) is 0 Å². The van der Waals surface area contributed by atoms with Crippen molar-refractivity contribution in [1.82, 2.24) is 40.0 Å². The number of anilines is 2. The Balaban J connectivity index is 1.29. The Hall–Kier alpha value is -4.68. The minimum absolute atomic E-state index is 0.0986. The third-order valence-electron chi connectivity index (χ3n) is 7.62. The van der Waals surface area contributed by atoms with Crippen LogP contribution in [-0.4, -0.2) is 72.4 Å². The number of benzene rings is 1. The number of hydrogen-bond donors (Lipinski definition) is 4. The number of rotatable bonds is 6. The van der Waals surface area contributed by atoms with Crippen LogP contribution in [0.25, 0.3) is 16.8 Å². The molecule has 0 saturated carbocycles. The van der Waals surface area contributed by atoms with Crippen LogP contribution in [0.1, 0.15) is 54.8 Å². The molecule has 2 fully saturated rings. The fraction of sp³-hybridized carbons (Fsp3) is 0.385.